The van der Waals surface area contributed by atoms with Crippen LogP contribution in [0.25, 0.3) is 0 Å². The van der Waals surface area contributed by atoms with E-state index >= 15 is 0 Å². The van der Waals surface area contributed by atoms with Crippen molar-refractivity contribution in [3.63, 3.8) is 0 Å². The van der Waals surface area contributed by atoms with Crippen molar-refractivity contribution in [3.05, 3.63) is 54.1 Å². The maximum Gasteiger partial charge on any atom is 0.120 e. The van der Waals surface area contributed by atoms with Crippen LogP contribution in [0.2, 0.25) is 0 Å². The minimum Gasteiger partial charge on any atom is -0.494 e. The lowest BCUT2D eigenvalue weighted by Gasteiger charge is -2.19. The van der Waals surface area contributed by atoms with E-state index in [9.17, 15) is 0 Å². The lowest BCUT2D eigenvalue weighted by molar-refractivity contribution is 0.210. The van der Waals surface area contributed by atoms with Crippen molar-refractivity contribution in [2.45, 2.75) is 46.1 Å². The van der Waals surface area contributed by atoms with Gasteiger partial charge in [0.1, 0.15) is 17.6 Å². The van der Waals surface area contributed by atoms with Crippen molar-refractivity contribution < 1.29 is 9.47 Å². The van der Waals surface area contributed by atoms with Gasteiger partial charge in [-0.05, 0) is 61.7 Å². The van der Waals surface area contributed by atoms with E-state index in [1.807, 2.05) is 24.3 Å². The number of hydrogen-bond donors (Lipinski definition) is 1. The van der Waals surface area contributed by atoms with E-state index in [2.05, 4.69) is 50.4 Å². The predicted molar refractivity (Wildman–Crippen MR) is 101 cm³/mol. The van der Waals surface area contributed by atoms with E-state index in [4.69, 9.17) is 9.47 Å². The fourth-order valence-electron chi connectivity index (χ4n) is 2.39. The first kappa shape index (κ1) is 18.2. The Morgan fingerprint density at radius 1 is 1.00 bits per heavy atom. The highest BCUT2D eigenvalue weighted by Crippen LogP contribution is 2.18. The molecule has 0 saturated carbocycles. The van der Waals surface area contributed by atoms with Crippen LogP contribution in [0, 0.1) is 6.92 Å². The summed E-state index contributed by atoms with van der Waals surface area (Å²) in [5.74, 6) is 1.86. The molecule has 1 N–H and O–H groups in total. The summed E-state index contributed by atoms with van der Waals surface area (Å²) in [6.07, 6.45) is 3.35. The molecule has 0 amide bonds. The Morgan fingerprint density at radius 2 is 1.79 bits per heavy atom. The summed E-state index contributed by atoms with van der Waals surface area (Å²) in [4.78, 5) is 0. The van der Waals surface area contributed by atoms with Gasteiger partial charge in [0.2, 0.25) is 0 Å². The summed E-state index contributed by atoms with van der Waals surface area (Å²) in [5, 5.41) is 3.44. The van der Waals surface area contributed by atoms with Gasteiger partial charge in [0.05, 0.1) is 13.2 Å². The van der Waals surface area contributed by atoms with Crippen LogP contribution < -0.4 is 14.8 Å². The highest BCUT2D eigenvalue weighted by molar-refractivity contribution is 5.46. The van der Waals surface area contributed by atoms with Gasteiger partial charge < -0.3 is 14.8 Å². The van der Waals surface area contributed by atoms with Crippen LogP contribution in [0.15, 0.2) is 48.5 Å². The normalized spacial score (nSPS) is 11.8. The zero-order valence-corrected chi connectivity index (χ0v) is 15.0. The highest BCUT2D eigenvalue weighted by Gasteiger charge is 2.08. The molecule has 3 heteroatoms. The van der Waals surface area contributed by atoms with Crippen molar-refractivity contribution >= 4 is 5.69 Å². The van der Waals surface area contributed by atoms with Gasteiger partial charge in [-0.3, -0.25) is 0 Å². The number of benzene rings is 2. The van der Waals surface area contributed by atoms with Crippen LogP contribution >= 0.6 is 0 Å². The summed E-state index contributed by atoms with van der Waals surface area (Å²) in [5.41, 5.74) is 2.30. The zero-order valence-electron chi connectivity index (χ0n) is 15.0. The third kappa shape index (κ3) is 6.15. The van der Waals surface area contributed by atoms with E-state index in [0.717, 1.165) is 49.6 Å². The van der Waals surface area contributed by atoms with Crippen molar-refractivity contribution in [1.82, 2.24) is 0 Å². The summed E-state index contributed by atoms with van der Waals surface area (Å²) in [7, 11) is 0. The number of hydrogen-bond acceptors (Lipinski definition) is 3. The number of rotatable bonds is 10. The second-order valence-electron chi connectivity index (χ2n) is 6.07. The van der Waals surface area contributed by atoms with E-state index in [1.165, 1.54) is 5.56 Å². The molecule has 24 heavy (non-hydrogen) atoms. The van der Waals surface area contributed by atoms with Gasteiger partial charge in [0.15, 0.2) is 0 Å². The van der Waals surface area contributed by atoms with Gasteiger partial charge in [-0.25, -0.2) is 0 Å². The van der Waals surface area contributed by atoms with Crippen LogP contribution in [0.4, 0.5) is 5.69 Å². The molecule has 0 heterocycles. The molecule has 2 rings (SSSR count). The van der Waals surface area contributed by atoms with Gasteiger partial charge in [0, 0.05) is 5.69 Å². The number of ether oxygens (including phenoxy) is 2. The summed E-state index contributed by atoms with van der Waals surface area (Å²) in [6.45, 7) is 7.95. The molecule has 0 aliphatic rings. The molecule has 0 aromatic heterocycles. The SMILES string of the molecule is CCCCOc1ccc(NCC(CC)Oc2cccc(C)c2)cc1. The number of aryl methyl sites for hydroxylation is 1. The second kappa shape index (κ2) is 9.86. The van der Waals surface area contributed by atoms with Gasteiger partial charge >= 0.3 is 0 Å². The third-order valence-electron chi connectivity index (χ3n) is 3.90. The molecule has 130 valence electrons. The summed E-state index contributed by atoms with van der Waals surface area (Å²) < 4.78 is 11.8. The molecule has 0 aliphatic carbocycles. The Labute approximate surface area is 146 Å². The maximum absolute atomic E-state index is 6.07. The fourth-order valence-corrected chi connectivity index (χ4v) is 2.39. The third-order valence-corrected chi connectivity index (χ3v) is 3.90. The molecule has 1 atom stereocenters. The fraction of sp³-hybridized carbons (Fsp3) is 0.429. The van der Waals surface area contributed by atoms with Gasteiger partial charge in [-0.2, -0.15) is 0 Å². The number of anilines is 1. The molecular formula is C21H29NO2. The second-order valence-corrected chi connectivity index (χ2v) is 6.07. The van der Waals surface area contributed by atoms with Crippen molar-refractivity contribution in [3.8, 4) is 11.5 Å². The predicted octanol–water partition coefficient (Wildman–Crippen LogP) is 5.44. The lowest BCUT2D eigenvalue weighted by Crippen LogP contribution is -2.25. The monoisotopic (exact) mass is 327 g/mol. The number of nitrogens with one attached hydrogen (secondary N) is 1. The molecular weight excluding hydrogens is 298 g/mol. The molecule has 0 bridgehead atoms. The zero-order chi connectivity index (χ0) is 17.2. The molecule has 0 radical (unpaired) electrons. The van der Waals surface area contributed by atoms with Gasteiger partial charge in [0.25, 0.3) is 0 Å². The first-order valence-electron chi connectivity index (χ1n) is 8.91. The quantitative estimate of drug-likeness (QED) is 0.589. The Bertz CT molecular complexity index is 595. The van der Waals surface area contributed by atoms with Crippen LogP contribution in [0.3, 0.4) is 0 Å². The van der Waals surface area contributed by atoms with Crippen LogP contribution in [-0.2, 0) is 0 Å². The minimum absolute atomic E-state index is 0.146. The van der Waals surface area contributed by atoms with Gasteiger partial charge in [-0.1, -0.05) is 32.4 Å². The molecule has 0 saturated heterocycles. The lowest BCUT2D eigenvalue weighted by atomic mass is 10.2. The Morgan fingerprint density at radius 3 is 2.46 bits per heavy atom. The van der Waals surface area contributed by atoms with E-state index < -0.39 is 0 Å². The maximum atomic E-state index is 6.07. The Balaban J connectivity index is 1.82. The first-order chi connectivity index (χ1) is 11.7. The molecule has 3 nitrogen and oxygen atoms in total. The van der Waals surface area contributed by atoms with Crippen LogP contribution in [-0.4, -0.2) is 19.3 Å². The van der Waals surface area contributed by atoms with E-state index in [1.54, 1.807) is 0 Å². The van der Waals surface area contributed by atoms with Crippen molar-refractivity contribution in [2.75, 3.05) is 18.5 Å². The topological polar surface area (TPSA) is 30.5 Å². The molecule has 2 aromatic rings. The standard InChI is InChI=1S/C21H29NO2/c1-4-6-14-23-20-12-10-18(11-13-20)22-16-19(5-2)24-21-9-7-8-17(3)15-21/h7-13,15,19,22H,4-6,14,16H2,1-3H3. The Kier molecular flexibility index (Phi) is 7.47. The first-order valence-corrected chi connectivity index (χ1v) is 8.91. The van der Waals surface area contributed by atoms with Crippen molar-refractivity contribution in [2.24, 2.45) is 0 Å². The van der Waals surface area contributed by atoms with E-state index in [-0.39, 0.29) is 6.10 Å². The van der Waals surface area contributed by atoms with Crippen molar-refractivity contribution in [1.29, 1.82) is 0 Å². The largest absolute Gasteiger partial charge is 0.494 e. The van der Waals surface area contributed by atoms with Crippen LogP contribution in [0.5, 0.6) is 11.5 Å². The Hall–Kier alpha value is -2.16. The van der Waals surface area contributed by atoms with Gasteiger partial charge in [-0.15, -0.1) is 0 Å². The molecule has 2 aromatic carbocycles. The smallest absolute Gasteiger partial charge is 0.120 e. The molecule has 0 spiro atoms. The summed E-state index contributed by atoms with van der Waals surface area (Å²) >= 11 is 0. The molecule has 0 fully saturated rings. The molecule has 1 unspecified atom stereocenters. The van der Waals surface area contributed by atoms with E-state index in [0.29, 0.717) is 0 Å². The average Bonchev–Trinajstić information content (AvgIpc) is 2.60. The van der Waals surface area contributed by atoms with Crippen LogP contribution in [0.1, 0.15) is 38.7 Å². The minimum atomic E-state index is 0.146. The average molecular weight is 327 g/mol. The number of unbranched alkanes of at least 4 members (excludes halogenated alkanes) is 1. The molecule has 0 aliphatic heterocycles. The summed E-state index contributed by atoms with van der Waals surface area (Å²) in [6, 6.07) is 16.3. The highest BCUT2D eigenvalue weighted by atomic mass is 16.5.